The summed E-state index contributed by atoms with van der Waals surface area (Å²) in [7, 11) is 0. The van der Waals surface area contributed by atoms with Crippen LogP contribution in [0.1, 0.15) is 29.8 Å². The second-order valence-electron chi connectivity index (χ2n) is 5.90. The molecule has 7 nitrogen and oxygen atoms in total. The van der Waals surface area contributed by atoms with Crippen molar-refractivity contribution in [1.82, 2.24) is 0 Å². The van der Waals surface area contributed by atoms with Gasteiger partial charge in [0.05, 0.1) is 27.8 Å². The molecule has 0 radical (unpaired) electrons. The number of rotatable bonds is 5. The molecular formula is C18H17ClN2O5. The Morgan fingerprint density at radius 1 is 1.42 bits per heavy atom. The smallest absolute Gasteiger partial charge is 0.270 e. The molecule has 136 valence electrons. The van der Waals surface area contributed by atoms with Crippen molar-refractivity contribution in [1.29, 1.82) is 0 Å². The van der Waals surface area contributed by atoms with Gasteiger partial charge in [0.2, 0.25) is 0 Å². The Bertz CT molecular complexity index is 884. The number of benzene rings is 2. The number of nitro benzene ring substituents is 1. The first-order valence-electron chi connectivity index (χ1n) is 8.10. The van der Waals surface area contributed by atoms with Crippen LogP contribution in [-0.4, -0.2) is 23.5 Å². The molecule has 1 aliphatic heterocycles. The van der Waals surface area contributed by atoms with Crippen molar-refractivity contribution >= 4 is 28.9 Å². The van der Waals surface area contributed by atoms with Gasteiger partial charge in [-0.2, -0.15) is 0 Å². The largest absolute Gasteiger partial charge is 0.492 e. The van der Waals surface area contributed by atoms with E-state index in [1.165, 1.54) is 12.1 Å². The first-order valence-corrected chi connectivity index (χ1v) is 8.48. The standard InChI is InChI=1S/C18H17ClN2O5/c1-3-25-17-7-11-6-10(2)26-16(11)9-15(17)20-18(22)13-5-4-12(21(23)24)8-14(13)19/h4-5,7-10H,3,6H2,1-2H3,(H,20,22). The highest BCUT2D eigenvalue weighted by Crippen LogP contribution is 2.38. The van der Waals surface area contributed by atoms with E-state index >= 15 is 0 Å². The molecule has 1 amide bonds. The normalized spacial score (nSPS) is 15.1. The number of anilines is 1. The summed E-state index contributed by atoms with van der Waals surface area (Å²) >= 11 is 6.03. The Balaban J connectivity index is 1.89. The van der Waals surface area contributed by atoms with Gasteiger partial charge in [0.1, 0.15) is 17.6 Å². The lowest BCUT2D eigenvalue weighted by Crippen LogP contribution is -2.14. The monoisotopic (exact) mass is 376 g/mol. The minimum atomic E-state index is -0.570. The molecule has 0 bridgehead atoms. The van der Waals surface area contributed by atoms with Gasteiger partial charge >= 0.3 is 0 Å². The lowest BCUT2D eigenvalue weighted by Gasteiger charge is -2.14. The van der Waals surface area contributed by atoms with E-state index < -0.39 is 10.8 Å². The predicted octanol–water partition coefficient (Wildman–Crippen LogP) is 4.22. The summed E-state index contributed by atoms with van der Waals surface area (Å²) in [5.74, 6) is 0.748. The molecule has 2 aromatic rings. The molecule has 0 saturated heterocycles. The van der Waals surface area contributed by atoms with E-state index in [1.807, 2.05) is 19.9 Å². The summed E-state index contributed by atoms with van der Waals surface area (Å²) in [6, 6.07) is 7.28. The highest BCUT2D eigenvalue weighted by Gasteiger charge is 2.23. The van der Waals surface area contributed by atoms with Crippen LogP contribution in [0.15, 0.2) is 30.3 Å². The van der Waals surface area contributed by atoms with Crippen molar-refractivity contribution in [2.45, 2.75) is 26.4 Å². The maximum absolute atomic E-state index is 12.6. The van der Waals surface area contributed by atoms with E-state index in [0.29, 0.717) is 23.8 Å². The van der Waals surface area contributed by atoms with Crippen molar-refractivity contribution in [2.75, 3.05) is 11.9 Å². The number of hydrogen-bond acceptors (Lipinski definition) is 5. The molecule has 2 aromatic carbocycles. The fourth-order valence-electron chi connectivity index (χ4n) is 2.80. The van der Waals surface area contributed by atoms with Gasteiger partial charge in [-0.05, 0) is 26.0 Å². The fourth-order valence-corrected chi connectivity index (χ4v) is 3.06. The van der Waals surface area contributed by atoms with Gasteiger partial charge in [-0.15, -0.1) is 0 Å². The highest BCUT2D eigenvalue weighted by molar-refractivity contribution is 6.34. The summed E-state index contributed by atoms with van der Waals surface area (Å²) in [5.41, 5.74) is 1.43. The number of nitro groups is 1. The van der Waals surface area contributed by atoms with Crippen molar-refractivity contribution in [3.05, 3.63) is 56.6 Å². The number of amides is 1. The molecule has 26 heavy (non-hydrogen) atoms. The van der Waals surface area contributed by atoms with Gasteiger partial charge in [-0.3, -0.25) is 14.9 Å². The minimum Gasteiger partial charge on any atom is -0.492 e. The predicted molar refractivity (Wildman–Crippen MR) is 97.5 cm³/mol. The molecule has 1 unspecified atom stereocenters. The topological polar surface area (TPSA) is 90.7 Å². The molecule has 1 atom stereocenters. The lowest BCUT2D eigenvalue weighted by atomic mass is 10.1. The number of halogens is 1. The third-order valence-corrected chi connectivity index (χ3v) is 4.27. The molecule has 0 saturated carbocycles. The van der Waals surface area contributed by atoms with Crippen LogP contribution in [0.5, 0.6) is 11.5 Å². The third kappa shape index (κ3) is 3.57. The van der Waals surface area contributed by atoms with E-state index in [2.05, 4.69) is 5.32 Å². The Morgan fingerprint density at radius 2 is 2.19 bits per heavy atom. The van der Waals surface area contributed by atoms with Gasteiger partial charge in [0.25, 0.3) is 11.6 Å². The van der Waals surface area contributed by atoms with E-state index in [1.54, 1.807) is 6.07 Å². The SMILES string of the molecule is CCOc1cc2c(cc1NC(=O)c1ccc([N+](=O)[O-])cc1Cl)OC(C)C2. The van der Waals surface area contributed by atoms with Crippen LogP contribution in [-0.2, 0) is 6.42 Å². The summed E-state index contributed by atoms with van der Waals surface area (Å²) in [5, 5.41) is 13.5. The second kappa shape index (κ2) is 7.21. The molecule has 0 fully saturated rings. The van der Waals surface area contributed by atoms with Crippen molar-refractivity contribution in [2.24, 2.45) is 0 Å². The molecule has 8 heteroatoms. The summed E-state index contributed by atoms with van der Waals surface area (Å²) in [4.78, 5) is 22.8. The quantitative estimate of drug-likeness (QED) is 0.623. The van der Waals surface area contributed by atoms with Crippen LogP contribution in [0.3, 0.4) is 0 Å². The number of hydrogen-bond donors (Lipinski definition) is 1. The van der Waals surface area contributed by atoms with E-state index in [4.69, 9.17) is 21.1 Å². The number of ether oxygens (including phenoxy) is 2. The number of carbonyl (C=O) groups excluding carboxylic acids is 1. The van der Waals surface area contributed by atoms with Gasteiger partial charge in [0, 0.05) is 30.2 Å². The molecule has 0 spiro atoms. The zero-order valence-corrected chi connectivity index (χ0v) is 15.0. The molecule has 1 aliphatic rings. The Labute approximate surface area is 155 Å². The average molecular weight is 377 g/mol. The minimum absolute atomic E-state index is 0.000641. The van der Waals surface area contributed by atoms with Crippen LogP contribution in [0.25, 0.3) is 0 Å². The van der Waals surface area contributed by atoms with Crippen LogP contribution in [0.2, 0.25) is 5.02 Å². The molecular weight excluding hydrogens is 360 g/mol. The van der Waals surface area contributed by atoms with Gasteiger partial charge in [0.15, 0.2) is 0 Å². The van der Waals surface area contributed by atoms with Crippen molar-refractivity contribution < 1.29 is 19.2 Å². The van der Waals surface area contributed by atoms with E-state index in [9.17, 15) is 14.9 Å². The Kier molecular flexibility index (Phi) is 4.99. The Hall–Kier alpha value is -2.80. The van der Waals surface area contributed by atoms with E-state index in [-0.39, 0.29) is 22.4 Å². The first kappa shape index (κ1) is 18.0. The van der Waals surface area contributed by atoms with E-state index in [0.717, 1.165) is 18.1 Å². The number of nitrogens with one attached hydrogen (secondary N) is 1. The molecule has 3 rings (SSSR count). The molecule has 1 N–H and O–H groups in total. The number of non-ortho nitro benzene ring substituents is 1. The highest BCUT2D eigenvalue weighted by atomic mass is 35.5. The maximum atomic E-state index is 12.6. The first-order chi connectivity index (χ1) is 12.4. The average Bonchev–Trinajstić information content (AvgIpc) is 2.94. The van der Waals surface area contributed by atoms with Crippen molar-refractivity contribution in [3.8, 4) is 11.5 Å². The number of nitrogens with zero attached hydrogens (tertiary/aromatic N) is 1. The number of fused-ring (bicyclic) bond motifs is 1. The molecule has 0 aromatic heterocycles. The zero-order valence-electron chi connectivity index (χ0n) is 14.2. The summed E-state index contributed by atoms with van der Waals surface area (Å²) in [6.45, 7) is 4.26. The molecule has 0 aliphatic carbocycles. The zero-order chi connectivity index (χ0) is 18.8. The summed E-state index contributed by atoms with van der Waals surface area (Å²) < 4.78 is 11.3. The fraction of sp³-hybridized carbons (Fsp3) is 0.278. The van der Waals surface area contributed by atoms with Gasteiger partial charge in [-0.25, -0.2) is 0 Å². The van der Waals surface area contributed by atoms with Crippen LogP contribution in [0.4, 0.5) is 11.4 Å². The Morgan fingerprint density at radius 3 is 2.85 bits per heavy atom. The van der Waals surface area contributed by atoms with Crippen LogP contribution >= 0.6 is 11.6 Å². The second-order valence-corrected chi connectivity index (χ2v) is 6.30. The van der Waals surface area contributed by atoms with Crippen molar-refractivity contribution in [3.63, 3.8) is 0 Å². The third-order valence-electron chi connectivity index (χ3n) is 3.95. The van der Waals surface area contributed by atoms with Gasteiger partial charge < -0.3 is 14.8 Å². The van der Waals surface area contributed by atoms with Crippen LogP contribution < -0.4 is 14.8 Å². The van der Waals surface area contributed by atoms with Crippen LogP contribution in [0, 0.1) is 10.1 Å². The lowest BCUT2D eigenvalue weighted by molar-refractivity contribution is -0.384. The maximum Gasteiger partial charge on any atom is 0.270 e. The molecule has 1 heterocycles. The number of carbonyl (C=O) groups is 1. The summed E-state index contributed by atoms with van der Waals surface area (Å²) in [6.07, 6.45) is 0.840. The van der Waals surface area contributed by atoms with Gasteiger partial charge in [-0.1, -0.05) is 11.6 Å².